The predicted molar refractivity (Wildman–Crippen MR) is 99.6 cm³/mol. The lowest BCUT2D eigenvalue weighted by Gasteiger charge is -2.23. The molecule has 0 atom stereocenters. The summed E-state index contributed by atoms with van der Waals surface area (Å²) in [5, 5.41) is 27.8. The van der Waals surface area contributed by atoms with Gasteiger partial charge in [-0.25, -0.2) is 0 Å². The molecule has 3 nitrogen and oxygen atoms in total. The molecule has 0 aromatic heterocycles. The number of rotatable bonds is 8. The molecule has 1 rings (SSSR count). The fraction of sp³-hybridized carbons (Fsp3) is 0.556. The van der Waals surface area contributed by atoms with E-state index in [1.54, 1.807) is 23.5 Å². The first kappa shape index (κ1) is 19.7. The summed E-state index contributed by atoms with van der Waals surface area (Å²) in [4.78, 5) is 0. The highest BCUT2D eigenvalue weighted by atomic mass is 32.2. The summed E-state index contributed by atoms with van der Waals surface area (Å²) >= 11 is 3.42. The second kappa shape index (κ2) is 9.75. The van der Waals surface area contributed by atoms with Gasteiger partial charge >= 0.3 is 0 Å². The molecule has 0 amide bonds. The molecule has 0 aliphatic rings. The minimum atomic E-state index is -0.122. The molecule has 0 heterocycles. The zero-order valence-corrected chi connectivity index (χ0v) is 15.7. The van der Waals surface area contributed by atoms with Gasteiger partial charge in [-0.15, -0.1) is 0 Å². The van der Waals surface area contributed by atoms with Gasteiger partial charge in [-0.1, -0.05) is 32.9 Å². The van der Waals surface area contributed by atoms with Crippen molar-refractivity contribution in [2.24, 2.45) is 0 Å². The second-order valence-corrected chi connectivity index (χ2v) is 8.53. The number of thioether (sulfide) groups is 2. The van der Waals surface area contributed by atoms with Crippen LogP contribution in [0.15, 0.2) is 12.1 Å². The lowest BCUT2D eigenvalue weighted by molar-refractivity contribution is 0.442. The summed E-state index contributed by atoms with van der Waals surface area (Å²) in [6, 6.07) is 8.44. The Morgan fingerprint density at radius 2 is 1.57 bits per heavy atom. The predicted octanol–water partition coefficient (Wildman–Crippen LogP) is 4.98. The molecule has 0 fully saturated rings. The SMILES string of the molecule is CC(C)(C)c1cc(CSCCC#N)cc(CSCCC#N)c1O. The molecule has 0 unspecified atom stereocenters. The third kappa shape index (κ3) is 6.77. The zero-order valence-electron chi connectivity index (χ0n) is 14.1. The lowest BCUT2D eigenvalue weighted by Crippen LogP contribution is -2.13. The molecule has 0 saturated carbocycles. The Morgan fingerprint density at radius 1 is 1.00 bits per heavy atom. The van der Waals surface area contributed by atoms with Crippen molar-refractivity contribution >= 4 is 23.5 Å². The number of phenolic OH excluding ortho intramolecular Hbond substituents is 1. The van der Waals surface area contributed by atoms with Crippen LogP contribution in [0.3, 0.4) is 0 Å². The lowest BCUT2D eigenvalue weighted by atomic mass is 9.84. The number of nitrogens with zero attached hydrogens (tertiary/aromatic N) is 2. The van der Waals surface area contributed by atoms with Crippen molar-refractivity contribution in [2.45, 2.75) is 50.5 Å². The highest BCUT2D eigenvalue weighted by molar-refractivity contribution is 7.98. The average molecular weight is 349 g/mol. The summed E-state index contributed by atoms with van der Waals surface area (Å²) in [5.74, 6) is 3.55. The molecule has 0 bridgehead atoms. The molecule has 124 valence electrons. The Kier molecular flexibility index (Phi) is 8.37. The Morgan fingerprint density at radius 3 is 2.09 bits per heavy atom. The van der Waals surface area contributed by atoms with Gasteiger partial charge in [-0.05, 0) is 16.5 Å². The molecule has 0 spiro atoms. The van der Waals surface area contributed by atoms with E-state index in [9.17, 15) is 5.11 Å². The largest absolute Gasteiger partial charge is 0.507 e. The normalized spacial score (nSPS) is 11.0. The highest BCUT2D eigenvalue weighted by Gasteiger charge is 2.21. The minimum absolute atomic E-state index is 0.122. The summed E-state index contributed by atoms with van der Waals surface area (Å²) in [5.41, 5.74) is 2.97. The van der Waals surface area contributed by atoms with Crippen LogP contribution < -0.4 is 0 Å². The van der Waals surface area contributed by atoms with Gasteiger partial charge in [0.2, 0.25) is 0 Å². The van der Waals surface area contributed by atoms with Gasteiger partial charge in [0.1, 0.15) is 5.75 Å². The maximum absolute atomic E-state index is 10.6. The van der Waals surface area contributed by atoms with E-state index in [0.29, 0.717) is 24.3 Å². The van der Waals surface area contributed by atoms with Crippen LogP contribution >= 0.6 is 23.5 Å². The average Bonchev–Trinajstić information content (AvgIpc) is 2.49. The van der Waals surface area contributed by atoms with E-state index in [4.69, 9.17) is 10.5 Å². The number of hydrogen-bond donors (Lipinski definition) is 1. The number of benzene rings is 1. The first-order chi connectivity index (χ1) is 10.9. The van der Waals surface area contributed by atoms with Gasteiger partial charge in [0.15, 0.2) is 0 Å². The number of nitriles is 2. The van der Waals surface area contributed by atoms with Crippen LogP contribution in [-0.2, 0) is 16.9 Å². The van der Waals surface area contributed by atoms with Crippen LogP contribution in [-0.4, -0.2) is 16.6 Å². The minimum Gasteiger partial charge on any atom is -0.507 e. The molecular weight excluding hydrogens is 324 g/mol. The van der Waals surface area contributed by atoms with Crippen LogP contribution in [0.2, 0.25) is 0 Å². The van der Waals surface area contributed by atoms with Crippen LogP contribution in [0.25, 0.3) is 0 Å². The van der Waals surface area contributed by atoms with Crippen molar-refractivity contribution in [3.63, 3.8) is 0 Å². The van der Waals surface area contributed by atoms with E-state index in [2.05, 4.69) is 45.0 Å². The van der Waals surface area contributed by atoms with E-state index >= 15 is 0 Å². The Hall–Kier alpha value is -1.30. The maximum Gasteiger partial charge on any atom is 0.123 e. The van der Waals surface area contributed by atoms with E-state index < -0.39 is 0 Å². The first-order valence-electron chi connectivity index (χ1n) is 7.64. The van der Waals surface area contributed by atoms with E-state index in [1.807, 2.05) is 0 Å². The third-order valence-electron chi connectivity index (χ3n) is 3.30. The van der Waals surface area contributed by atoms with Crippen LogP contribution in [0.1, 0.15) is 50.3 Å². The molecule has 0 aliphatic heterocycles. The molecular formula is C18H24N2OS2. The molecule has 23 heavy (non-hydrogen) atoms. The molecule has 0 radical (unpaired) electrons. The van der Waals surface area contributed by atoms with Crippen molar-refractivity contribution in [1.29, 1.82) is 10.5 Å². The first-order valence-corrected chi connectivity index (χ1v) is 9.95. The molecule has 5 heteroatoms. The summed E-state index contributed by atoms with van der Waals surface area (Å²) in [6.45, 7) is 6.30. The standard InChI is InChI=1S/C18H24N2OS2/c1-18(2,3)16-11-14(12-22-8-4-6-19)10-15(17(16)21)13-23-9-5-7-20/h10-11,21H,4-5,8-9,12-13H2,1-3H3. The molecule has 1 N–H and O–H groups in total. The monoisotopic (exact) mass is 348 g/mol. The van der Waals surface area contributed by atoms with Gasteiger partial charge in [0.05, 0.1) is 12.1 Å². The molecule has 1 aromatic carbocycles. The quantitative estimate of drug-likeness (QED) is 0.671. The summed E-state index contributed by atoms with van der Waals surface area (Å²) < 4.78 is 0. The summed E-state index contributed by atoms with van der Waals surface area (Å²) in [7, 11) is 0. The van der Waals surface area contributed by atoms with Crippen molar-refractivity contribution < 1.29 is 5.11 Å². The zero-order chi connectivity index (χ0) is 17.3. The van der Waals surface area contributed by atoms with Crippen LogP contribution in [0, 0.1) is 22.7 Å². The van der Waals surface area contributed by atoms with Crippen LogP contribution in [0.5, 0.6) is 5.75 Å². The maximum atomic E-state index is 10.6. The van der Waals surface area contributed by atoms with E-state index in [0.717, 1.165) is 28.4 Å². The molecule has 0 saturated heterocycles. The van der Waals surface area contributed by atoms with Gasteiger partial charge in [-0.3, -0.25) is 0 Å². The summed E-state index contributed by atoms with van der Waals surface area (Å²) in [6.07, 6.45) is 1.09. The number of phenols is 1. The van der Waals surface area contributed by atoms with Gasteiger partial charge in [0.25, 0.3) is 0 Å². The van der Waals surface area contributed by atoms with E-state index in [1.165, 1.54) is 5.56 Å². The topological polar surface area (TPSA) is 67.8 Å². The highest BCUT2D eigenvalue weighted by Crippen LogP contribution is 2.36. The fourth-order valence-corrected chi connectivity index (χ4v) is 3.74. The number of aromatic hydroxyl groups is 1. The van der Waals surface area contributed by atoms with Crippen molar-refractivity contribution in [3.8, 4) is 17.9 Å². The Labute approximate surface area is 148 Å². The second-order valence-electron chi connectivity index (χ2n) is 6.32. The molecule has 0 aliphatic carbocycles. The van der Waals surface area contributed by atoms with Gasteiger partial charge in [-0.2, -0.15) is 34.0 Å². The fourth-order valence-electron chi connectivity index (χ4n) is 2.13. The van der Waals surface area contributed by atoms with Crippen molar-refractivity contribution in [1.82, 2.24) is 0 Å². The Balaban J connectivity index is 2.93. The van der Waals surface area contributed by atoms with Gasteiger partial charge < -0.3 is 5.11 Å². The smallest absolute Gasteiger partial charge is 0.123 e. The molecule has 1 aromatic rings. The van der Waals surface area contributed by atoms with E-state index in [-0.39, 0.29) is 5.41 Å². The van der Waals surface area contributed by atoms with Gasteiger partial charge in [0, 0.05) is 41.4 Å². The number of hydrogen-bond acceptors (Lipinski definition) is 5. The van der Waals surface area contributed by atoms with Crippen molar-refractivity contribution in [2.75, 3.05) is 11.5 Å². The third-order valence-corrected chi connectivity index (χ3v) is 5.34. The van der Waals surface area contributed by atoms with Crippen LogP contribution in [0.4, 0.5) is 0 Å². The van der Waals surface area contributed by atoms with Crippen molar-refractivity contribution in [3.05, 3.63) is 28.8 Å². The Bertz CT molecular complexity index is 595.